The van der Waals surface area contributed by atoms with Crippen molar-refractivity contribution in [3.63, 3.8) is 0 Å². The minimum atomic E-state index is 0.102. The Balaban J connectivity index is 2.35. The van der Waals surface area contributed by atoms with E-state index in [2.05, 4.69) is 31.3 Å². The second-order valence-corrected chi connectivity index (χ2v) is 5.95. The summed E-state index contributed by atoms with van der Waals surface area (Å²) in [7, 11) is 0. The van der Waals surface area contributed by atoms with Gasteiger partial charge in [-0.2, -0.15) is 0 Å². The van der Waals surface area contributed by atoms with E-state index < -0.39 is 0 Å². The molecule has 0 amide bonds. The van der Waals surface area contributed by atoms with Gasteiger partial charge in [0.25, 0.3) is 0 Å². The first-order valence-corrected chi connectivity index (χ1v) is 7.02. The van der Waals surface area contributed by atoms with E-state index in [0.29, 0.717) is 5.92 Å². The van der Waals surface area contributed by atoms with E-state index in [1.807, 2.05) is 12.1 Å². The Labute approximate surface area is 110 Å². The summed E-state index contributed by atoms with van der Waals surface area (Å²) in [5.74, 6) is 0.678. The molecule has 1 heterocycles. The molecule has 1 aromatic carbocycles. The molecule has 0 spiro atoms. The van der Waals surface area contributed by atoms with Gasteiger partial charge < -0.3 is 5.32 Å². The van der Waals surface area contributed by atoms with Crippen molar-refractivity contribution in [2.75, 3.05) is 6.54 Å². The van der Waals surface area contributed by atoms with E-state index >= 15 is 0 Å². The summed E-state index contributed by atoms with van der Waals surface area (Å²) >= 11 is 6.39. The van der Waals surface area contributed by atoms with Crippen molar-refractivity contribution >= 4 is 11.6 Å². The Bertz CT molecular complexity index is 367. The van der Waals surface area contributed by atoms with Crippen LogP contribution in [-0.4, -0.2) is 6.54 Å². The highest BCUT2D eigenvalue weighted by molar-refractivity contribution is 6.31. The molecule has 1 unspecified atom stereocenters. The number of rotatable bonds is 3. The molecular formula is C15H22ClN. The molecule has 94 valence electrons. The predicted molar refractivity (Wildman–Crippen MR) is 74.4 cm³/mol. The molecule has 1 N–H and O–H groups in total. The third kappa shape index (κ3) is 2.83. The number of piperidine rings is 1. The highest BCUT2D eigenvalue weighted by Gasteiger charge is 2.35. The van der Waals surface area contributed by atoms with E-state index in [1.54, 1.807) is 0 Å². The second kappa shape index (κ2) is 5.41. The van der Waals surface area contributed by atoms with Crippen molar-refractivity contribution < 1.29 is 0 Å². The van der Waals surface area contributed by atoms with E-state index in [1.165, 1.54) is 24.8 Å². The summed E-state index contributed by atoms with van der Waals surface area (Å²) in [5.41, 5.74) is 1.39. The summed E-state index contributed by atoms with van der Waals surface area (Å²) in [6, 6.07) is 8.30. The molecule has 1 nitrogen and oxygen atoms in total. The standard InChI is InChI=1S/C15H22ClN/c1-12(2)11-15(9-5-6-10-17-15)13-7-3-4-8-14(13)16/h3-4,7-8,12,17H,5-6,9-11H2,1-2H3. The maximum atomic E-state index is 6.39. The molecule has 1 saturated heterocycles. The summed E-state index contributed by atoms with van der Waals surface area (Å²) in [6.07, 6.45) is 4.95. The highest BCUT2D eigenvalue weighted by Crippen LogP contribution is 2.39. The molecule has 0 aromatic heterocycles. The van der Waals surface area contributed by atoms with Gasteiger partial charge in [0, 0.05) is 10.6 Å². The van der Waals surface area contributed by atoms with Gasteiger partial charge in [0.05, 0.1) is 0 Å². The molecular weight excluding hydrogens is 230 g/mol. The lowest BCUT2D eigenvalue weighted by molar-refractivity contribution is 0.214. The van der Waals surface area contributed by atoms with Crippen molar-refractivity contribution in [2.45, 2.75) is 45.1 Å². The molecule has 1 aliphatic rings. The molecule has 0 aliphatic carbocycles. The number of nitrogens with one attached hydrogen (secondary N) is 1. The molecule has 1 aliphatic heterocycles. The van der Waals surface area contributed by atoms with E-state index in [0.717, 1.165) is 18.0 Å². The lowest BCUT2D eigenvalue weighted by Gasteiger charge is -2.41. The number of hydrogen-bond acceptors (Lipinski definition) is 1. The third-order valence-electron chi connectivity index (χ3n) is 3.64. The van der Waals surface area contributed by atoms with Gasteiger partial charge in [-0.25, -0.2) is 0 Å². The summed E-state index contributed by atoms with van der Waals surface area (Å²) in [4.78, 5) is 0. The first-order chi connectivity index (χ1) is 8.14. The zero-order valence-electron chi connectivity index (χ0n) is 10.8. The number of benzene rings is 1. The van der Waals surface area contributed by atoms with Crippen LogP contribution in [0.3, 0.4) is 0 Å². The molecule has 1 fully saturated rings. The van der Waals surface area contributed by atoms with Gasteiger partial charge in [-0.15, -0.1) is 0 Å². The summed E-state index contributed by atoms with van der Waals surface area (Å²) in [6.45, 7) is 5.68. The average molecular weight is 252 g/mol. The third-order valence-corrected chi connectivity index (χ3v) is 3.97. The van der Waals surface area contributed by atoms with Crippen LogP contribution < -0.4 is 5.32 Å². The molecule has 1 aromatic rings. The molecule has 2 rings (SSSR count). The first-order valence-electron chi connectivity index (χ1n) is 6.64. The average Bonchev–Trinajstić information content (AvgIpc) is 2.29. The van der Waals surface area contributed by atoms with Crippen molar-refractivity contribution in [2.24, 2.45) is 5.92 Å². The van der Waals surface area contributed by atoms with Crippen molar-refractivity contribution in [3.8, 4) is 0 Å². The van der Waals surface area contributed by atoms with Crippen LogP contribution in [0.25, 0.3) is 0 Å². The zero-order chi connectivity index (χ0) is 12.3. The van der Waals surface area contributed by atoms with E-state index in [9.17, 15) is 0 Å². The minimum Gasteiger partial charge on any atom is -0.307 e. The Kier molecular flexibility index (Phi) is 4.11. The van der Waals surface area contributed by atoms with Gasteiger partial charge in [-0.3, -0.25) is 0 Å². The molecule has 17 heavy (non-hydrogen) atoms. The minimum absolute atomic E-state index is 0.102. The van der Waals surface area contributed by atoms with Crippen LogP contribution in [0.4, 0.5) is 0 Å². The Morgan fingerprint density at radius 3 is 2.65 bits per heavy atom. The van der Waals surface area contributed by atoms with Crippen LogP contribution in [0.15, 0.2) is 24.3 Å². The quantitative estimate of drug-likeness (QED) is 0.842. The fourth-order valence-corrected chi connectivity index (χ4v) is 3.34. The van der Waals surface area contributed by atoms with Crippen LogP contribution in [0.2, 0.25) is 5.02 Å². The zero-order valence-corrected chi connectivity index (χ0v) is 11.6. The van der Waals surface area contributed by atoms with Gasteiger partial charge in [-0.05, 0) is 43.4 Å². The Hall–Kier alpha value is -0.530. The maximum absolute atomic E-state index is 6.39. The van der Waals surface area contributed by atoms with E-state index in [4.69, 9.17) is 11.6 Å². The first kappa shape index (κ1) is 12.9. The maximum Gasteiger partial charge on any atom is 0.0456 e. The molecule has 1 atom stereocenters. The SMILES string of the molecule is CC(C)CC1(c2ccccc2Cl)CCCCN1. The van der Waals surface area contributed by atoms with Gasteiger partial charge >= 0.3 is 0 Å². The van der Waals surface area contributed by atoms with Crippen LogP contribution >= 0.6 is 11.6 Å². The van der Waals surface area contributed by atoms with Crippen molar-refractivity contribution in [1.29, 1.82) is 0 Å². The largest absolute Gasteiger partial charge is 0.307 e. The fourth-order valence-electron chi connectivity index (χ4n) is 3.03. The monoisotopic (exact) mass is 251 g/mol. The Morgan fingerprint density at radius 2 is 2.06 bits per heavy atom. The Morgan fingerprint density at radius 1 is 1.29 bits per heavy atom. The van der Waals surface area contributed by atoms with Crippen LogP contribution in [0, 0.1) is 5.92 Å². The number of hydrogen-bond donors (Lipinski definition) is 1. The summed E-state index contributed by atoms with van der Waals surface area (Å²) in [5, 5.41) is 4.64. The predicted octanol–water partition coefficient (Wildman–Crippen LogP) is 4.35. The van der Waals surface area contributed by atoms with Gasteiger partial charge in [0.15, 0.2) is 0 Å². The fraction of sp³-hybridized carbons (Fsp3) is 0.600. The van der Waals surface area contributed by atoms with Crippen LogP contribution in [-0.2, 0) is 5.54 Å². The van der Waals surface area contributed by atoms with E-state index in [-0.39, 0.29) is 5.54 Å². The van der Waals surface area contributed by atoms with Crippen LogP contribution in [0.1, 0.15) is 45.1 Å². The lowest BCUT2D eigenvalue weighted by atomic mass is 9.76. The van der Waals surface area contributed by atoms with Crippen LogP contribution in [0.5, 0.6) is 0 Å². The van der Waals surface area contributed by atoms with Gasteiger partial charge in [-0.1, -0.05) is 50.1 Å². The normalized spacial score (nSPS) is 25.2. The molecule has 0 radical (unpaired) electrons. The smallest absolute Gasteiger partial charge is 0.0456 e. The second-order valence-electron chi connectivity index (χ2n) is 5.54. The van der Waals surface area contributed by atoms with Crippen molar-refractivity contribution in [3.05, 3.63) is 34.9 Å². The molecule has 0 bridgehead atoms. The van der Waals surface area contributed by atoms with Gasteiger partial charge in [0.1, 0.15) is 0 Å². The van der Waals surface area contributed by atoms with Gasteiger partial charge in [0.2, 0.25) is 0 Å². The summed E-state index contributed by atoms with van der Waals surface area (Å²) < 4.78 is 0. The topological polar surface area (TPSA) is 12.0 Å². The van der Waals surface area contributed by atoms with Crippen molar-refractivity contribution in [1.82, 2.24) is 5.32 Å². The number of halogens is 1. The highest BCUT2D eigenvalue weighted by atomic mass is 35.5. The molecule has 0 saturated carbocycles. The molecule has 2 heteroatoms. The lowest BCUT2D eigenvalue weighted by Crippen LogP contribution is -2.47.